The molecule has 0 spiro atoms. The van der Waals surface area contributed by atoms with Crippen molar-refractivity contribution in [3.05, 3.63) is 23.1 Å². The molecule has 0 saturated heterocycles. The zero-order valence-electron chi connectivity index (χ0n) is 6.31. The van der Waals surface area contributed by atoms with Crippen LogP contribution in [0.2, 0.25) is 0 Å². The van der Waals surface area contributed by atoms with Crippen molar-refractivity contribution in [3.63, 3.8) is 0 Å². The number of nitrogens with zero attached hydrogens (tertiary/aromatic N) is 1. The lowest BCUT2D eigenvalue weighted by atomic mass is 10.2. The Labute approximate surface area is 67.2 Å². The van der Waals surface area contributed by atoms with Crippen LogP contribution in [-0.2, 0) is 0 Å². The van der Waals surface area contributed by atoms with Gasteiger partial charge in [0.1, 0.15) is 17.3 Å². The number of alkyl halides is 2. The maximum atomic E-state index is 12.7. The zero-order chi connectivity index (χ0) is 9.30. The van der Waals surface area contributed by atoms with Crippen LogP contribution in [-0.4, -0.2) is 4.98 Å². The monoisotopic (exact) mass is 176 g/mol. The van der Waals surface area contributed by atoms with Gasteiger partial charge in [-0.05, 0) is 6.92 Å². The van der Waals surface area contributed by atoms with Crippen molar-refractivity contribution < 1.29 is 13.2 Å². The summed E-state index contributed by atoms with van der Waals surface area (Å²) in [5.74, 6) is -0.942. The Morgan fingerprint density at radius 3 is 2.50 bits per heavy atom. The van der Waals surface area contributed by atoms with Crippen molar-refractivity contribution in [2.24, 2.45) is 0 Å². The van der Waals surface area contributed by atoms with Crippen molar-refractivity contribution >= 4 is 5.82 Å². The summed E-state index contributed by atoms with van der Waals surface area (Å²) in [6.45, 7) is 1.38. The van der Waals surface area contributed by atoms with Crippen LogP contribution in [0, 0.1) is 12.7 Å². The summed E-state index contributed by atoms with van der Waals surface area (Å²) in [6, 6.07) is 0.691. The quantitative estimate of drug-likeness (QED) is 0.711. The van der Waals surface area contributed by atoms with Crippen LogP contribution >= 0.6 is 0 Å². The Balaban J connectivity index is 3.21. The molecule has 0 unspecified atom stereocenters. The Morgan fingerprint density at radius 1 is 1.50 bits per heavy atom. The molecule has 0 aliphatic carbocycles. The minimum atomic E-state index is -2.79. The van der Waals surface area contributed by atoms with Gasteiger partial charge in [-0.2, -0.15) is 0 Å². The van der Waals surface area contributed by atoms with E-state index in [2.05, 4.69) is 4.98 Å². The molecular formula is C7H7F3N2. The van der Waals surface area contributed by atoms with Crippen molar-refractivity contribution in [1.29, 1.82) is 0 Å². The summed E-state index contributed by atoms with van der Waals surface area (Å²) >= 11 is 0. The van der Waals surface area contributed by atoms with Crippen LogP contribution < -0.4 is 5.73 Å². The lowest BCUT2D eigenvalue weighted by molar-refractivity contribution is 0.145. The van der Waals surface area contributed by atoms with Gasteiger partial charge in [0, 0.05) is 11.6 Å². The van der Waals surface area contributed by atoms with Gasteiger partial charge in [0.25, 0.3) is 6.43 Å². The molecule has 5 heteroatoms. The van der Waals surface area contributed by atoms with E-state index in [0.29, 0.717) is 6.07 Å². The minimum Gasteiger partial charge on any atom is -0.383 e. The molecule has 1 heterocycles. The summed E-state index contributed by atoms with van der Waals surface area (Å²) in [7, 11) is 0. The minimum absolute atomic E-state index is 0.0967. The number of anilines is 1. The highest BCUT2D eigenvalue weighted by Crippen LogP contribution is 2.21. The molecule has 66 valence electrons. The molecule has 12 heavy (non-hydrogen) atoms. The second kappa shape index (κ2) is 3.00. The van der Waals surface area contributed by atoms with Crippen LogP contribution in [0.4, 0.5) is 19.0 Å². The highest BCUT2D eigenvalue weighted by atomic mass is 19.3. The number of rotatable bonds is 1. The van der Waals surface area contributed by atoms with E-state index in [1.54, 1.807) is 0 Å². The smallest absolute Gasteiger partial charge is 0.280 e. The predicted molar refractivity (Wildman–Crippen MR) is 38.3 cm³/mol. The van der Waals surface area contributed by atoms with E-state index < -0.39 is 17.9 Å². The molecule has 1 aromatic heterocycles. The Morgan fingerprint density at radius 2 is 2.08 bits per heavy atom. The average Bonchev–Trinajstić information content (AvgIpc) is 1.99. The fourth-order valence-corrected chi connectivity index (χ4v) is 0.727. The third-order valence-corrected chi connectivity index (χ3v) is 1.49. The van der Waals surface area contributed by atoms with E-state index in [9.17, 15) is 13.2 Å². The zero-order valence-corrected chi connectivity index (χ0v) is 6.31. The molecule has 2 nitrogen and oxygen atoms in total. The van der Waals surface area contributed by atoms with Gasteiger partial charge < -0.3 is 5.73 Å². The van der Waals surface area contributed by atoms with Gasteiger partial charge in [0.05, 0.1) is 0 Å². The first kappa shape index (κ1) is 8.83. The van der Waals surface area contributed by atoms with Gasteiger partial charge in [0.2, 0.25) is 0 Å². The molecular weight excluding hydrogens is 169 g/mol. The fourth-order valence-electron chi connectivity index (χ4n) is 0.727. The third kappa shape index (κ3) is 1.49. The maximum Gasteiger partial charge on any atom is 0.280 e. The van der Waals surface area contributed by atoms with Gasteiger partial charge >= 0.3 is 0 Å². The van der Waals surface area contributed by atoms with Crippen molar-refractivity contribution in [1.82, 2.24) is 4.98 Å². The van der Waals surface area contributed by atoms with Crippen LogP contribution in [0.25, 0.3) is 0 Å². The number of aromatic nitrogens is 1. The van der Waals surface area contributed by atoms with Crippen LogP contribution in [0.1, 0.15) is 17.7 Å². The van der Waals surface area contributed by atoms with Gasteiger partial charge in [-0.15, -0.1) is 0 Å². The van der Waals surface area contributed by atoms with E-state index in [1.807, 2.05) is 0 Å². The number of hydrogen-bond donors (Lipinski definition) is 1. The first-order chi connectivity index (χ1) is 5.52. The van der Waals surface area contributed by atoms with E-state index in [0.717, 1.165) is 0 Å². The number of nitrogen functional groups attached to an aromatic ring is 1. The maximum absolute atomic E-state index is 12.7. The highest BCUT2D eigenvalue weighted by molar-refractivity contribution is 5.40. The Kier molecular flexibility index (Phi) is 2.21. The normalized spacial score (nSPS) is 10.8. The number of nitrogens with two attached hydrogens (primary N) is 1. The molecule has 0 aliphatic heterocycles. The lowest BCUT2D eigenvalue weighted by Gasteiger charge is -2.03. The molecule has 0 fully saturated rings. The van der Waals surface area contributed by atoms with Crippen molar-refractivity contribution in [3.8, 4) is 0 Å². The van der Waals surface area contributed by atoms with Crippen molar-refractivity contribution in [2.45, 2.75) is 13.3 Å². The van der Waals surface area contributed by atoms with Gasteiger partial charge in [-0.1, -0.05) is 0 Å². The van der Waals surface area contributed by atoms with E-state index in [1.165, 1.54) is 6.92 Å². The van der Waals surface area contributed by atoms with E-state index in [4.69, 9.17) is 5.73 Å². The third-order valence-electron chi connectivity index (χ3n) is 1.49. The van der Waals surface area contributed by atoms with Crippen LogP contribution in [0.5, 0.6) is 0 Å². The lowest BCUT2D eigenvalue weighted by Crippen LogP contribution is -2.01. The molecule has 1 rings (SSSR count). The Bertz CT molecular complexity index is 276. The summed E-state index contributed by atoms with van der Waals surface area (Å²) in [4.78, 5) is 3.32. The first-order valence-electron chi connectivity index (χ1n) is 3.23. The molecule has 0 atom stereocenters. The largest absolute Gasteiger partial charge is 0.383 e. The van der Waals surface area contributed by atoms with Gasteiger partial charge in [-0.3, -0.25) is 0 Å². The summed E-state index contributed by atoms with van der Waals surface area (Å²) in [6.07, 6.45) is -2.79. The molecule has 1 aromatic rings. The molecule has 0 saturated carbocycles. The second-order valence-corrected chi connectivity index (χ2v) is 2.34. The molecule has 2 N–H and O–H groups in total. The summed E-state index contributed by atoms with van der Waals surface area (Å²) in [5.41, 5.74) is 4.64. The standard InChI is InChI=1S/C7H7F3N2/c1-3-4(8)2-5(6(9)10)12-7(3)11/h2,6H,1H3,(H2,11,12). The fraction of sp³-hybridized carbons (Fsp3) is 0.286. The number of pyridine rings is 1. The second-order valence-electron chi connectivity index (χ2n) is 2.34. The molecule has 0 amide bonds. The van der Waals surface area contributed by atoms with Gasteiger partial charge in [0.15, 0.2) is 0 Å². The van der Waals surface area contributed by atoms with E-state index in [-0.39, 0.29) is 11.4 Å². The Hall–Kier alpha value is -1.26. The van der Waals surface area contributed by atoms with Crippen LogP contribution in [0.15, 0.2) is 6.07 Å². The van der Waals surface area contributed by atoms with E-state index >= 15 is 0 Å². The molecule has 0 aliphatic rings. The number of hydrogen-bond acceptors (Lipinski definition) is 2. The first-order valence-corrected chi connectivity index (χ1v) is 3.23. The molecule has 0 radical (unpaired) electrons. The van der Waals surface area contributed by atoms with Gasteiger partial charge in [-0.25, -0.2) is 18.2 Å². The topological polar surface area (TPSA) is 38.9 Å². The summed E-state index contributed by atoms with van der Waals surface area (Å²) < 4.78 is 36.7. The SMILES string of the molecule is Cc1c(F)cc(C(F)F)nc1N. The molecule has 0 bridgehead atoms. The number of halogens is 3. The predicted octanol–water partition coefficient (Wildman–Crippen LogP) is 2.05. The average molecular weight is 176 g/mol. The highest BCUT2D eigenvalue weighted by Gasteiger charge is 2.13. The molecule has 0 aromatic carbocycles. The van der Waals surface area contributed by atoms with Crippen molar-refractivity contribution in [2.75, 3.05) is 5.73 Å². The van der Waals surface area contributed by atoms with Crippen LogP contribution in [0.3, 0.4) is 0 Å². The summed E-state index contributed by atoms with van der Waals surface area (Å²) in [5, 5.41) is 0.